The van der Waals surface area contributed by atoms with Gasteiger partial charge in [0.25, 0.3) is 0 Å². The molecular formula is C35H29Cl2F3N2O2. The van der Waals surface area contributed by atoms with Crippen molar-refractivity contribution in [2.24, 2.45) is 0 Å². The number of alkyl halides is 3. The average molecular weight is 638 g/mol. The van der Waals surface area contributed by atoms with Crippen LogP contribution in [0.15, 0.2) is 97.2 Å². The molecule has 0 aliphatic heterocycles. The van der Waals surface area contributed by atoms with Crippen molar-refractivity contribution in [3.63, 3.8) is 0 Å². The Morgan fingerprint density at radius 3 is 2.11 bits per heavy atom. The Labute approximate surface area is 264 Å². The van der Waals surface area contributed by atoms with Crippen LogP contribution in [-0.4, -0.2) is 22.5 Å². The molecule has 0 saturated carbocycles. The van der Waals surface area contributed by atoms with Gasteiger partial charge in [-0.05, 0) is 77.2 Å². The fraction of sp³-hybridized carbons (Fsp3) is 0.171. The van der Waals surface area contributed by atoms with Crippen LogP contribution in [0, 0.1) is 0 Å². The molecule has 1 aromatic heterocycles. The molecule has 4 aromatic carbocycles. The average Bonchev–Trinajstić information content (AvgIpc) is 3.39. The van der Waals surface area contributed by atoms with E-state index in [-0.39, 0.29) is 5.75 Å². The molecule has 0 unspecified atom stereocenters. The van der Waals surface area contributed by atoms with E-state index in [9.17, 15) is 13.2 Å². The normalized spacial score (nSPS) is 11.7. The second-order valence-corrected chi connectivity index (χ2v) is 11.0. The minimum absolute atomic E-state index is 0.277. The number of hydrogen-bond acceptors (Lipinski definition) is 3. The lowest BCUT2D eigenvalue weighted by Gasteiger charge is -2.10. The predicted molar refractivity (Wildman–Crippen MR) is 171 cm³/mol. The molecule has 0 saturated heterocycles. The van der Waals surface area contributed by atoms with E-state index in [1.807, 2.05) is 59.3 Å². The smallest absolute Gasteiger partial charge is 0.494 e. The van der Waals surface area contributed by atoms with Crippen LogP contribution in [0.2, 0.25) is 10.0 Å². The summed E-state index contributed by atoms with van der Waals surface area (Å²) in [7, 11) is 0. The number of imidazole rings is 1. The zero-order valence-electron chi connectivity index (χ0n) is 23.8. The van der Waals surface area contributed by atoms with Crippen LogP contribution in [0.1, 0.15) is 36.7 Å². The molecule has 9 heteroatoms. The number of aromatic nitrogens is 2. The molecule has 4 nitrogen and oxygen atoms in total. The van der Waals surface area contributed by atoms with Crippen molar-refractivity contribution >= 4 is 35.4 Å². The van der Waals surface area contributed by atoms with Crippen LogP contribution >= 0.6 is 23.2 Å². The Morgan fingerprint density at radius 2 is 1.48 bits per heavy atom. The number of unbranched alkanes of at least 4 members (excludes halogenated alkanes) is 1. The second-order valence-electron chi connectivity index (χ2n) is 10.1. The van der Waals surface area contributed by atoms with Gasteiger partial charge >= 0.3 is 6.36 Å². The molecule has 0 N–H and O–H groups in total. The fourth-order valence-electron chi connectivity index (χ4n) is 4.55. The zero-order valence-corrected chi connectivity index (χ0v) is 25.3. The van der Waals surface area contributed by atoms with Crippen molar-refractivity contribution in [2.75, 3.05) is 6.61 Å². The fourth-order valence-corrected chi connectivity index (χ4v) is 5.05. The molecule has 0 aliphatic carbocycles. The highest BCUT2D eigenvalue weighted by atomic mass is 35.5. The standard InChI is InChI=1S/C35H29Cl2F3N2O2/c1-2-3-20-43-29-16-11-27(12-17-29)26-9-4-24(5-10-26)8-19-34-41-33(31-18-13-28(36)21-32(31)37)23-42(34)22-25-6-14-30(15-7-25)44-35(38,39)40/h4-19,21,23H,2-3,20,22H2,1H3/b19-8+. The molecule has 0 fully saturated rings. The first kappa shape index (κ1) is 31.2. The van der Waals surface area contributed by atoms with Gasteiger partial charge in [-0.3, -0.25) is 0 Å². The lowest BCUT2D eigenvalue weighted by molar-refractivity contribution is -0.274. The van der Waals surface area contributed by atoms with Crippen molar-refractivity contribution < 1.29 is 22.6 Å². The van der Waals surface area contributed by atoms with E-state index in [0.717, 1.165) is 40.8 Å². The van der Waals surface area contributed by atoms with Crippen molar-refractivity contribution in [2.45, 2.75) is 32.7 Å². The highest BCUT2D eigenvalue weighted by Crippen LogP contribution is 2.31. The number of benzene rings is 4. The van der Waals surface area contributed by atoms with Crippen molar-refractivity contribution in [3.8, 4) is 33.9 Å². The summed E-state index contributed by atoms with van der Waals surface area (Å²) in [6.45, 7) is 3.21. The maximum Gasteiger partial charge on any atom is 0.573 e. The van der Waals surface area contributed by atoms with Crippen molar-refractivity contribution in [1.29, 1.82) is 0 Å². The van der Waals surface area contributed by atoms with E-state index >= 15 is 0 Å². The van der Waals surface area contributed by atoms with Gasteiger partial charge < -0.3 is 14.0 Å². The molecule has 0 bridgehead atoms. The molecule has 0 atom stereocenters. The molecule has 0 radical (unpaired) electrons. The molecule has 0 aliphatic rings. The van der Waals surface area contributed by atoms with E-state index in [2.05, 4.69) is 23.8 Å². The van der Waals surface area contributed by atoms with Crippen LogP contribution < -0.4 is 9.47 Å². The second kappa shape index (κ2) is 14.1. The Kier molecular flexibility index (Phi) is 9.98. The number of halogens is 5. The number of nitrogens with zero attached hydrogens (tertiary/aromatic N) is 2. The lowest BCUT2D eigenvalue weighted by Crippen LogP contribution is -2.17. The summed E-state index contributed by atoms with van der Waals surface area (Å²) in [5.41, 5.74) is 5.27. The van der Waals surface area contributed by atoms with Gasteiger partial charge in [0, 0.05) is 23.3 Å². The van der Waals surface area contributed by atoms with Crippen molar-refractivity contribution in [3.05, 3.63) is 124 Å². The van der Waals surface area contributed by atoms with Gasteiger partial charge in [0.1, 0.15) is 17.3 Å². The number of hydrogen-bond donors (Lipinski definition) is 0. The first-order chi connectivity index (χ1) is 21.2. The number of ether oxygens (including phenoxy) is 2. The Balaban J connectivity index is 1.36. The third kappa shape index (κ3) is 8.46. The summed E-state index contributed by atoms with van der Waals surface area (Å²) in [5, 5.41) is 0.974. The van der Waals surface area contributed by atoms with Crippen LogP contribution in [-0.2, 0) is 6.54 Å². The molecule has 226 valence electrons. The minimum atomic E-state index is -4.75. The van der Waals surface area contributed by atoms with Gasteiger partial charge in [-0.15, -0.1) is 13.2 Å². The topological polar surface area (TPSA) is 36.3 Å². The molecule has 1 heterocycles. The van der Waals surface area contributed by atoms with Gasteiger partial charge in [0.2, 0.25) is 0 Å². The largest absolute Gasteiger partial charge is 0.573 e. The predicted octanol–water partition coefficient (Wildman–Crippen LogP) is 10.8. The van der Waals surface area contributed by atoms with Crippen LogP contribution in [0.3, 0.4) is 0 Å². The first-order valence-corrected chi connectivity index (χ1v) is 14.8. The molecule has 5 aromatic rings. The third-order valence-electron chi connectivity index (χ3n) is 6.81. The van der Waals surface area contributed by atoms with E-state index in [1.54, 1.807) is 30.3 Å². The number of rotatable bonds is 11. The van der Waals surface area contributed by atoms with Gasteiger partial charge in [0.15, 0.2) is 0 Å². The summed E-state index contributed by atoms with van der Waals surface area (Å²) in [5.74, 6) is 1.23. The minimum Gasteiger partial charge on any atom is -0.494 e. The maximum absolute atomic E-state index is 12.6. The molecular weight excluding hydrogens is 608 g/mol. The van der Waals surface area contributed by atoms with Crippen molar-refractivity contribution in [1.82, 2.24) is 9.55 Å². The highest BCUT2D eigenvalue weighted by molar-refractivity contribution is 6.36. The van der Waals surface area contributed by atoms with Crippen LogP contribution in [0.4, 0.5) is 13.2 Å². The monoisotopic (exact) mass is 636 g/mol. The van der Waals surface area contributed by atoms with Crippen LogP contribution in [0.25, 0.3) is 34.5 Å². The maximum atomic E-state index is 12.6. The van der Waals surface area contributed by atoms with Gasteiger partial charge in [-0.25, -0.2) is 4.98 Å². The molecule has 5 rings (SSSR count). The quantitative estimate of drug-likeness (QED) is 0.135. The molecule has 0 spiro atoms. The summed E-state index contributed by atoms with van der Waals surface area (Å²) in [6.07, 6.45) is 3.08. The Hall–Kier alpha value is -4.20. The van der Waals surface area contributed by atoms with Crippen LogP contribution in [0.5, 0.6) is 11.5 Å². The SMILES string of the molecule is CCCCOc1ccc(-c2ccc(/C=C/c3nc(-c4ccc(Cl)cc4Cl)cn3Cc3ccc(OC(F)(F)F)cc3)cc2)cc1. The molecule has 44 heavy (non-hydrogen) atoms. The summed E-state index contributed by atoms with van der Waals surface area (Å²) >= 11 is 12.6. The van der Waals surface area contributed by atoms with E-state index in [1.165, 1.54) is 12.1 Å². The first-order valence-electron chi connectivity index (χ1n) is 14.1. The van der Waals surface area contributed by atoms with Gasteiger partial charge in [-0.1, -0.05) is 91.2 Å². The lowest BCUT2D eigenvalue weighted by atomic mass is 10.0. The van der Waals surface area contributed by atoms with Gasteiger partial charge in [0.05, 0.1) is 17.3 Å². The Morgan fingerprint density at radius 1 is 0.818 bits per heavy atom. The summed E-state index contributed by atoms with van der Waals surface area (Å²) < 4.78 is 49.5. The third-order valence-corrected chi connectivity index (χ3v) is 7.36. The van der Waals surface area contributed by atoms with Gasteiger partial charge in [-0.2, -0.15) is 0 Å². The highest BCUT2D eigenvalue weighted by Gasteiger charge is 2.31. The zero-order chi connectivity index (χ0) is 31.1. The van der Waals surface area contributed by atoms with E-state index in [4.69, 9.17) is 32.9 Å². The van der Waals surface area contributed by atoms with E-state index < -0.39 is 6.36 Å². The summed E-state index contributed by atoms with van der Waals surface area (Å²) in [6, 6.07) is 27.2. The molecule has 0 amide bonds. The van der Waals surface area contributed by atoms with E-state index in [0.29, 0.717) is 40.3 Å². The summed E-state index contributed by atoms with van der Waals surface area (Å²) in [4.78, 5) is 4.81. The Bertz CT molecular complexity index is 1710.